The molecule has 0 aromatic rings. The molecule has 1 N–H and O–H groups in total. The fourth-order valence-electron chi connectivity index (χ4n) is 1.83. The Morgan fingerprint density at radius 3 is 2.25 bits per heavy atom. The number of nitrogens with one attached hydrogen (secondary N) is 1. The maximum absolute atomic E-state index is 5.65. The van der Waals surface area contributed by atoms with Crippen molar-refractivity contribution >= 4 is 0 Å². The van der Waals surface area contributed by atoms with Crippen LogP contribution in [0.15, 0.2) is 0 Å². The molecule has 0 aliphatic carbocycles. The van der Waals surface area contributed by atoms with Gasteiger partial charge in [-0.2, -0.15) is 0 Å². The van der Waals surface area contributed by atoms with E-state index in [1.54, 1.807) is 0 Å². The molecule has 0 aromatic carbocycles. The van der Waals surface area contributed by atoms with Gasteiger partial charge in [0.15, 0.2) is 0 Å². The van der Waals surface area contributed by atoms with Crippen molar-refractivity contribution in [2.24, 2.45) is 5.41 Å². The van der Waals surface area contributed by atoms with E-state index in [-0.39, 0.29) is 0 Å². The van der Waals surface area contributed by atoms with Crippen LogP contribution in [-0.4, -0.2) is 64.6 Å². The minimum atomic E-state index is 0.438. The maximum atomic E-state index is 5.65. The molecule has 122 valence electrons. The Morgan fingerprint density at radius 1 is 1.15 bits per heavy atom. The summed E-state index contributed by atoms with van der Waals surface area (Å²) >= 11 is 0. The summed E-state index contributed by atoms with van der Waals surface area (Å²) in [5.74, 6) is 0. The monoisotopic (exact) mass is 288 g/mol. The molecule has 0 radical (unpaired) electrons. The molecule has 0 amide bonds. The minimum Gasteiger partial charge on any atom is -0.380 e. The molecule has 0 unspecified atom stereocenters. The van der Waals surface area contributed by atoms with E-state index in [2.05, 4.69) is 37.9 Å². The van der Waals surface area contributed by atoms with Crippen molar-refractivity contribution in [2.45, 2.75) is 40.5 Å². The van der Waals surface area contributed by atoms with Crippen molar-refractivity contribution in [2.75, 3.05) is 59.7 Å². The van der Waals surface area contributed by atoms with E-state index >= 15 is 0 Å². The summed E-state index contributed by atoms with van der Waals surface area (Å²) in [6, 6.07) is 0. The number of nitrogens with zero attached hydrogens (tertiary/aromatic N) is 1. The molecule has 1 aliphatic rings. The van der Waals surface area contributed by atoms with E-state index in [4.69, 9.17) is 9.47 Å². The molecule has 0 spiro atoms. The summed E-state index contributed by atoms with van der Waals surface area (Å²) in [7, 11) is 1.93. The number of morpholine rings is 1. The lowest BCUT2D eigenvalue weighted by molar-refractivity contribution is 0.0194. The van der Waals surface area contributed by atoms with Gasteiger partial charge in [-0.25, -0.2) is 0 Å². The Hall–Kier alpha value is -0.160. The topological polar surface area (TPSA) is 33.7 Å². The van der Waals surface area contributed by atoms with Gasteiger partial charge in [0, 0.05) is 26.2 Å². The Kier molecular flexibility index (Phi) is 12.5. The maximum Gasteiger partial charge on any atom is 0.0594 e. The van der Waals surface area contributed by atoms with Crippen molar-refractivity contribution in [1.82, 2.24) is 10.2 Å². The highest BCUT2D eigenvalue weighted by atomic mass is 16.5. The molecule has 1 rings (SSSR count). The molecule has 1 heterocycles. The van der Waals surface area contributed by atoms with Gasteiger partial charge in [0.2, 0.25) is 0 Å². The zero-order chi connectivity index (χ0) is 15.3. The fraction of sp³-hybridized carbons (Fsp3) is 1.00. The van der Waals surface area contributed by atoms with Crippen molar-refractivity contribution < 1.29 is 9.47 Å². The van der Waals surface area contributed by atoms with Gasteiger partial charge < -0.3 is 14.8 Å². The van der Waals surface area contributed by atoms with Crippen LogP contribution in [0.2, 0.25) is 0 Å². The fourth-order valence-corrected chi connectivity index (χ4v) is 1.83. The standard InChI is InChI=1S/C13H27NO2.C3H9N/c1-13(2,3)5-4-9-15-10-6-14-7-11-16-12-8-14;1-3-4-2/h4-12H2,1-3H3;4H,3H2,1-2H3. The molecule has 1 saturated heterocycles. The van der Waals surface area contributed by atoms with E-state index in [0.717, 1.165) is 52.6 Å². The summed E-state index contributed by atoms with van der Waals surface area (Å²) in [4.78, 5) is 2.41. The quantitative estimate of drug-likeness (QED) is 0.729. The first-order valence-corrected chi connectivity index (χ1v) is 8.02. The van der Waals surface area contributed by atoms with Crippen molar-refractivity contribution in [3.05, 3.63) is 0 Å². The lowest BCUT2D eigenvalue weighted by atomic mass is 9.91. The van der Waals surface area contributed by atoms with E-state index < -0.39 is 0 Å². The molecule has 0 atom stereocenters. The van der Waals surface area contributed by atoms with Gasteiger partial charge in [-0.15, -0.1) is 0 Å². The first-order valence-electron chi connectivity index (χ1n) is 8.02. The molecule has 4 nitrogen and oxygen atoms in total. The van der Waals surface area contributed by atoms with Crippen LogP contribution in [0.3, 0.4) is 0 Å². The van der Waals surface area contributed by atoms with Gasteiger partial charge >= 0.3 is 0 Å². The van der Waals surface area contributed by atoms with Crippen molar-refractivity contribution in [3.8, 4) is 0 Å². The molecule has 0 aromatic heterocycles. The lowest BCUT2D eigenvalue weighted by Gasteiger charge is -2.26. The molecular weight excluding hydrogens is 252 g/mol. The number of rotatable bonds is 7. The second kappa shape index (κ2) is 12.6. The van der Waals surface area contributed by atoms with E-state index in [1.165, 1.54) is 12.8 Å². The van der Waals surface area contributed by atoms with Crippen LogP contribution >= 0.6 is 0 Å². The van der Waals surface area contributed by atoms with Crippen LogP contribution in [0.4, 0.5) is 0 Å². The van der Waals surface area contributed by atoms with Crippen LogP contribution in [0, 0.1) is 5.41 Å². The van der Waals surface area contributed by atoms with Crippen LogP contribution in [0.5, 0.6) is 0 Å². The molecule has 4 heteroatoms. The zero-order valence-corrected chi connectivity index (χ0v) is 14.3. The molecule has 0 bridgehead atoms. The van der Waals surface area contributed by atoms with Gasteiger partial charge in [-0.3, -0.25) is 4.90 Å². The average Bonchev–Trinajstić information content (AvgIpc) is 2.43. The zero-order valence-electron chi connectivity index (χ0n) is 14.3. The van der Waals surface area contributed by atoms with E-state index in [0.29, 0.717) is 5.41 Å². The summed E-state index contributed by atoms with van der Waals surface area (Å²) in [6.45, 7) is 16.7. The number of hydrogen-bond donors (Lipinski definition) is 1. The largest absolute Gasteiger partial charge is 0.380 e. The third kappa shape index (κ3) is 14.3. The second-order valence-corrected chi connectivity index (χ2v) is 6.44. The lowest BCUT2D eigenvalue weighted by Crippen LogP contribution is -2.38. The van der Waals surface area contributed by atoms with Crippen LogP contribution < -0.4 is 5.32 Å². The highest BCUT2D eigenvalue weighted by molar-refractivity contribution is 4.62. The second-order valence-electron chi connectivity index (χ2n) is 6.44. The normalized spacial score (nSPS) is 16.6. The molecule has 0 saturated carbocycles. The van der Waals surface area contributed by atoms with Crippen molar-refractivity contribution in [3.63, 3.8) is 0 Å². The summed E-state index contributed by atoms with van der Waals surface area (Å²) in [6.07, 6.45) is 2.41. The first-order chi connectivity index (χ1) is 9.49. The molecule has 1 fully saturated rings. The first kappa shape index (κ1) is 19.8. The number of ether oxygens (including phenoxy) is 2. The third-order valence-corrected chi connectivity index (χ3v) is 3.22. The SMILES string of the molecule is CC(C)(C)CCCOCCN1CCOCC1.CCNC. The molecular formula is C16H36N2O2. The van der Waals surface area contributed by atoms with Gasteiger partial charge in [0.25, 0.3) is 0 Å². The minimum absolute atomic E-state index is 0.438. The summed E-state index contributed by atoms with van der Waals surface area (Å²) in [5, 5.41) is 2.93. The van der Waals surface area contributed by atoms with Crippen molar-refractivity contribution in [1.29, 1.82) is 0 Å². The molecule has 20 heavy (non-hydrogen) atoms. The van der Waals surface area contributed by atoms with Crippen LogP contribution in [0.1, 0.15) is 40.5 Å². The predicted octanol–water partition coefficient (Wildman–Crippen LogP) is 2.39. The number of hydrogen-bond acceptors (Lipinski definition) is 4. The molecule has 1 aliphatic heterocycles. The summed E-state index contributed by atoms with van der Waals surface area (Å²) in [5.41, 5.74) is 0.438. The van der Waals surface area contributed by atoms with Gasteiger partial charge in [0.1, 0.15) is 0 Å². The Balaban J connectivity index is 0.000000796. The van der Waals surface area contributed by atoms with Crippen LogP contribution in [-0.2, 0) is 9.47 Å². The van der Waals surface area contributed by atoms with Gasteiger partial charge in [-0.1, -0.05) is 27.7 Å². The Morgan fingerprint density at radius 2 is 1.75 bits per heavy atom. The highest BCUT2D eigenvalue weighted by Gasteiger charge is 2.10. The average molecular weight is 288 g/mol. The Labute approximate surface area is 126 Å². The summed E-state index contributed by atoms with van der Waals surface area (Å²) < 4.78 is 10.9. The van der Waals surface area contributed by atoms with E-state index in [1.807, 2.05) is 7.05 Å². The smallest absolute Gasteiger partial charge is 0.0594 e. The Bertz CT molecular complexity index is 197. The third-order valence-electron chi connectivity index (χ3n) is 3.22. The van der Waals surface area contributed by atoms with E-state index in [9.17, 15) is 0 Å². The predicted molar refractivity (Wildman–Crippen MR) is 86.4 cm³/mol. The van der Waals surface area contributed by atoms with Crippen LogP contribution in [0.25, 0.3) is 0 Å². The van der Waals surface area contributed by atoms with Gasteiger partial charge in [-0.05, 0) is 31.8 Å². The van der Waals surface area contributed by atoms with Gasteiger partial charge in [0.05, 0.1) is 19.8 Å². The highest BCUT2D eigenvalue weighted by Crippen LogP contribution is 2.20.